The van der Waals surface area contributed by atoms with Gasteiger partial charge < -0.3 is 15.5 Å². The molecule has 0 saturated carbocycles. The van der Waals surface area contributed by atoms with Crippen LogP contribution in [0.15, 0.2) is 6.20 Å². The summed E-state index contributed by atoms with van der Waals surface area (Å²) in [7, 11) is 1.86. The highest BCUT2D eigenvalue weighted by Gasteiger charge is 2.22. The summed E-state index contributed by atoms with van der Waals surface area (Å²) in [5.41, 5.74) is 1.35. The number of nitrogens with one attached hydrogen (secondary N) is 1. The van der Waals surface area contributed by atoms with E-state index in [9.17, 15) is 0 Å². The van der Waals surface area contributed by atoms with Gasteiger partial charge in [-0.15, -0.1) is 0 Å². The quantitative estimate of drug-likeness (QED) is 0.650. The highest BCUT2D eigenvalue weighted by molar-refractivity contribution is 5.45. The van der Waals surface area contributed by atoms with E-state index in [0.717, 1.165) is 11.4 Å². The number of rotatable bonds is 5. The lowest BCUT2D eigenvalue weighted by molar-refractivity contribution is 0.0806. The zero-order valence-electron chi connectivity index (χ0n) is 9.49. The second-order valence-electron chi connectivity index (χ2n) is 4.28. The molecule has 1 aromatic rings. The average molecular weight is 213 g/mol. The third kappa shape index (κ3) is 2.94. The van der Waals surface area contributed by atoms with Crippen LogP contribution >= 0.6 is 0 Å². The van der Waals surface area contributed by atoms with Crippen molar-refractivity contribution >= 4 is 5.69 Å². The van der Waals surface area contributed by atoms with Gasteiger partial charge in [0.1, 0.15) is 0 Å². The van der Waals surface area contributed by atoms with Crippen LogP contribution in [0.1, 0.15) is 12.6 Å². The molecule has 5 heteroatoms. The molecule has 0 unspecified atom stereocenters. The van der Waals surface area contributed by atoms with Crippen LogP contribution in [0.4, 0.5) is 5.69 Å². The monoisotopic (exact) mass is 213 g/mol. The number of aromatic nitrogens is 2. The Kier molecular flexibility index (Phi) is 3.71. The molecule has 0 aromatic carbocycles. The Morgan fingerprint density at radius 1 is 1.47 bits per heavy atom. The van der Waals surface area contributed by atoms with E-state index in [-0.39, 0.29) is 13.2 Å². The number of aliphatic hydroxyl groups is 2. The zero-order valence-corrected chi connectivity index (χ0v) is 9.49. The number of hydrogen-bond donors (Lipinski definition) is 3. The van der Waals surface area contributed by atoms with Crippen LogP contribution in [-0.4, -0.2) is 39.8 Å². The first-order valence-corrected chi connectivity index (χ1v) is 4.96. The van der Waals surface area contributed by atoms with Crippen LogP contribution < -0.4 is 5.32 Å². The summed E-state index contributed by atoms with van der Waals surface area (Å²) in [5.74, 6) is 0. The molecule has 0 fully saturated rings. The number of aliphatic hydroxyl groups excluding tert-OH is 2. The number of hydrogen-bond acceptors (Lipinski definition) is 4. The van der Waals surface area contributed by atoms with Crippen molar-refractivity contribution in [3.05, 3.63) is 11.9 Å². The first-order valence-electron chi connectivity index (χ1n) is 4.96. The predicted octanol–water partition coefficient (Wildman–Crippen LogP) is 0.131. The molecule has 0 saturated heterocycles. The minimum atomic E-state index is -0.498. The number of aryl methyl sites for hydroxylation is 2. The Hall–Kier alpha value is -1.07. The first kappa shape index (κ1) is 12.0. The fourth-order valence-electron chi connectivity index (χ4n) is 1.24. The zero-order chi connectivity index (χ0) is 11.5. The van der Waals surface area contributed by atoms with Gasteiger partial charge in [0.15, 0.2) is 0 Å². The molecule has 3 N–H and O–H groups in total. The second-order valence-corrected chi connectivity index (χ2v) is 4.28. The molecular weight excluding hydrogens is 194 g/mol. The summed E-state index contributed by atoms with van der Waals surface area (Å²) in [6.07, 6.45) is 1.88. The highest BCUT2D eigenvalue weighted by Crippen LogP contribution is 2.17. The van der Waals surface area contributed by atoms with Crippen molar-refractivity contribution < 1.29 is 10.2 Å². The number of anilines is 1. The molecule has 0 amide bonds. The van der Waals surface area contributed by atoms with Gasteiger partial charge >= 0.3 is 0 Å². The standard InChI is InChI=1S/C10H19N3O2/c1-8-9(4-13(3)12-8)11-5-10(2,6-14)7-15/h4,11,14-15H,5-7H2,1-3H3. The van der Waals surface area contributed by atoms with Crippen molar-refractivity contribution in [3.63, 3.8) is 0 Å². The maximum absolute atomic E-state index is 9.12. The summed E-state index contributed by atoms with van der Waals surface area (Å²) in [6.45, 7) is 4.17. The van der Waals surface area contributed by atoms with Crippen molar-refractivity contribution in [3.8, 4) is 0 Å². The Labute approximate surface area is 89.7 Å². The van der Waals surface area contributed by atoms with Gasteiger partial charge in [-0.3, -0.25) is 4.68 Å². The Bertz CT molecular complexity index is 318. The van der Waals surface area contributed by atoms with Crippen molar-refractivity contribution in [1.82, 2.24) is 9.78 Å². The number of nitrogens with zero attached hydrogens (tertiary/aromatic N) is 2. The third-order valence-electron chi connectivity index (χ3n) is 2.48. The van der Waals surface area contributed by atoms with E-state index in [0.29, 0.717) is 6.54 Å². The van der Waals surface area contributed by atoms with Crippen molar-refractivity contribution in [1.29, 1.82) is 0 Å². The molecule has 1 aromatic heterocycles. The van der Waals surface area contributed by atoms with Gasteiger partial charge in [0.25, 0.3) is 0 Å². The van der Waals surface area contributed by atoms with Gasteiger partial charge in [-0.25, -0.2) is 0 Å². The summed E-state index contributed by atoms with van der Waals surface area (Å²) >= 11 is 0. The van der Waals surface area contributed by atoms with E-state index in [2.05, 4.69) is 10.4 Å². The molecule has 0 bridgehead atoms. The topological polar surface area (TPSA) is 70.3 Å². The molecular formula is C10H19N3O2. The fraction of sp³-hybridized carbons (Fsp3) is 0.700. The van der Waals surface area contributed by atoms with Crippen LogP contribution in [-0.2, 0) is 7.05 Å². The van der Waals surface area contributed by atoms with Gasteiger partial charge in [-0.05, 0) is 6.92 Å². The van der Waals surface area contributed by atoms with E-state index in [4.69, 9.17) is 10.2 Å². The van der Waals surface area contributed by atoms with Gasteiger partial charge in [-0.2, -0.15) is 5.10 Å². The Morgan fingerprint density at radius 3 is 2.47 bits per heavy atom. The highest BCUT2D eigenvalue weighted by atomic mass is 16.3. The molecule has 0 aliphatic heterocycles. The lowest BCUT2D eigenvalue weighted by Crippen LogP contribution is -2.34. The first-order chi connectivity index (χ1) is 7.00. The smallest absolute Gasteiger partial charge is 0.0824 e. The largest absolute Gasteiger partial charge is 0.396 e. The van der Waals surface area contributed by atoms with Crippen molar-refractivity contribution in [2.75, 3.05) is 25.1 Å². The summed E-state index contributed by atoms with van der Waals surface area (Å²) in [4.78, 5) is 0. The predicted molar refractivity (Wildman–Crippen MR) is 58.7 cm³/mol. The summed E-state index contributed by atoms with van der Waals surface area (Å²) in [6, 6.07) is 0. The van der Waals surface area contributed by atoms with Crippen LogP contribution in [0.5, 0.6) is 0 Å². The Balaban J connectivity index is 2.60. The fourth-order valence-corrected chi connectivity index (χ4v) is 1.24. The van der Waals surface area contributed by atoms with Gasteiger partial charge in [-0.1, -0.05) is 6.92 Å². The summed E-state index contributed by atoms with van der Waals surface area (Å²) < 4.78 is 1.73. The van der Waals surface area contributed by atoms with E-state index in [1.807, 2.05) is 27.1 Å². The normalized spacial score (nSPS) is 11.8. The molecule has 86 valence electrons. The molecule has 0 spiro atoms. The molecule has 0 radical (unpaired) electrons. The molecule has 5 nitrogen and oxygen atoms in total. The van der Waals surface area contributed by atoms with Gasteiger partial charge in [0.2, 0.25) is 0 Å². The van der Waals surface area contributed by atoms with Crippen LogP contribution in [0.2, 0.25) is 0 Å². The lowest BCUT2D eigenvalue weighted by Gasteiger charge is -2.25. The molecule has 0 aliphatic rings. The van der Waals surface area contributed by atoms with Crippen LogP contribution in [0, 0.1) is 12.3 Å². The molecule has 1 rings (SSSR count). The van der Waals surface area contributed by atoms with Crippen LogP contribution in [0.25, 0.3) is 0 Å². The van der Waals surface area contributed by atoms with E-state index in [1.54, 1.807) is 4.68 Å². The maximum atomic E-state index is 9.12. The maximum Gasteiger partial charge on any atom is 0.0824 e. The van der Waals surface area contributed by atoms with Crippen LogP contribution in [0.3, 0.4) is 0 Å². The van der Waals surface area contributed by atoms with Gasteiger partial charge in [0.05, 0.1) is 24.6 Å². The SMILES string of the molecule is Cc1nn(C)cc1NCC(C)(CO)CO. The Morgan fingerprint density at radius 2 is 2.07 bits per heavy atom. The lowest BCUT2D eigenvalue weighted by atomic mass is 9.93. The average Bonchev–Trinajstić information content (AvgIpc) is 2.54. The second kappa shape index (κ2) is 4.63. The molecule has 15 heavy (non-hydrogen) atoms. The van der Waals surface area contributed by atoms with E-state index >= 15 is 0 Å². The van der Waals surface area contributed by atoms with E-state index in [1.165, 1.54) is 0 Å². The van der Waals surface area contributed by atoms with Crippen molar-refractivity contribution in [2.24, 2.45) is 12.5 Å². The van der Waals surface area contributed by atoms with Gasteiger partial charge in [0, 0.05) is 25.2 Å². The molecule has 1 heterocycles. The minimum Gasteiger partial charge on any atom is -0.396 e. The van der Waals surface area contributed by atoms with Crippen molar-refractivity contribution in [2.45, 2.75) is 13.8 Å². The molecule has 0 atom stereocenters. The van der Waals surface area contributed by atoms with E-state index < -0.39 is 5.41 Å². The summed E-state index contributed by atoms with van der Waals surface area (Å²) in [5, 5.41) is 25.6. The minimum absolute atomic E-state index is 0.0458. The molecule has 0 aliphatic carbocycles. The third-order valence-corrected chi connectivity index (χ3v) is 2.48.